The van der Waals surface area contributed by atoms with E-state index < -0.39 is 0 Å². The molecule has 7 nitrogen and oxygen atoms in total. The van der Waals surface area contributed by atoms with Gasteiger partial charge in [-0.25, -0.2) is 0 Å². The average Bonchev–Trinajstić information content (AvgIpc) is 2.61. The van der Waals surface area contributed by atoms with Crippen LogP contribution in [-0.2, 0) is 14.3 Å². The fraction of sp³-hybridized carbons (Fsp3) is 0.833. The first-order valence-electron chi connectivity index (χ1n) is 9.50. The summed E-state index contributed by atoms with van der Waals surface area (Å²) in [6.07, 6.45) is 2.86. The normalized spacial score (nSPS) is 16.5. The molecule has 1 rings (SSSR count). The molecule has 2 N–H and O–H groups in total. The zero-order valence-electron chi connectivity index (χ0n) is 16.5. The van der Waals surface area contributed by atoms with Gasteiger partial charge in [-0.1, -0.05) is 6.92 Å². The minimum Gasteiger partial charge on any atom is -0.466 e. The van der Waals surface area contributed by atoms with Gasteiger partial charge in [-0.2, -0.15) is 0 Å². The van der Waals surface area contributed by atoms with E-state index in [4.69, 9.17) is 4.74 Å². The minimum atomic E-state index is -0.0918. The Morgan fingerprint density at radius 3 is 2.42 bits per heavy atom. The number of nitrogens with one attached hydrogen (secondary N) is 2. The maximum atomic E-state index is 11.8. The number of esters is 1. The van der Waals surface area contributed by atoms with E-state index in [1.54, 1.807) is 0 Å². The molecule has 1 unspecified atom stereocenters. The summed E-state index contributed by atoms with van der Waals surface area (Å²) in [7, 11) is 0. The Morgan fingerprint density at radius 1 is 1.23 bits per heavy atom. The maximum Gasteiger partial charge on any atom is 0.309 e. The predicted molar refractivity (Wildman–Crippen MR) is 115 cm³/mol. The molecule has 0 aromatic heterocycles. The molecule has 26 heavy (non-hydrogen) atoms. The number of guanidine groups is 1. The van der Waals surface area contributed by atoms with E-state index >= 15 is 0 Å². The third-order valence-corrected chi connectivity index (χ3v) is 4.37. The summed E-state index contributed by atoms with van der Waals surface area (Å²) in [6, 6.07) is 0.201. The fourth-order valence-corrected chi connectivity index (χ4v) is 2.73. The second-order valence-electron chi connectivity index (χ2n) is 6.38. The summed E-state index contributed by atoms with van der Waals surface area (Å²) < 4.78 is 5.11. The Hall–Kier alpha value is -1.06. The van der Waals surface area contributed by atoms with Gasteiger partial charge in [0.05, 0.1) is 19.1 Å². The third-order valence-electron chi connectivity index (χ3n) is 4.37. The Balaban J connectivity index is 0.00000625. The van der Waals surface area contributed by atoms with Gasteiger partial charge in [-0.05, 0) is 40.0 Å². The number of piperidine rings is 1. The van der Waals surface area contributed by atoms with Crippen LogP contribution in [-0.4, -0.2) is 61.6 Å². The van der Waals surface area contributed by atoms with Crippen LogP contribution in [0.3, 0.4) is 0 Å². The highest BCUT2D eigenvalue weighted by atomic mass is 127. The van der Waals surface area contributed by atoms with E-state index in [1.807, 2.05) is 27.7 Å². The van der Waals surface area contributed by atoms with Crippen molar-refractivity contribution in [2.24, 2.45) is 10.9 Å². The smallest absolute Gasteiger partial charge is 0.309 e. The van der Waals surface area contributed by atoms with Crippen LogP contribution in [0.15, 0.2) is 4.99 Å². The Bertz CT molecular complexity index is 452. The maximum absolute atomic E-state index is 11.8. The lowest BCUT2D eigenvalue weighted by molar-refractivity contribution is -0.149. The molecule has 0 aliphatic carbocycles. The summed E-state index contributed by atoms with van der Waals surface area (Å²) in [4.78, 5) is 30.4. The van der Waals surface area contributed by atoms with Gasteiger partial charge in [0.2, 0.25) is 5.91 Å². The molecule has 1 aliphatic heterocycles. The molecule has 0 aromatic carbocycles. The summed E-state index contributed by atoms with van der Waals surface area (Å²) in [5.41, 5.74) is 0. The SMILES string of the molecule is CCNC(=NCCC(=O)NC(C)CC)N1CCC(C(=O)OCC)CC1.I. The van der Waals surface area contributed by atoms with Crippen LogP contribution in [0.25, 0.3) is 0 Å². The molecular weight excluding hydrogens is 447 g/mol. The van der Waals surface area contributed by atoms with Crippen molar-refractivity contribution in [3.8, 4) is 0 Å². The largest absolute Gasteiger partial charge is 0.466 e. The van der Waals surface area contributed by atoms with Crippen LogP contribution >= 0.6 is 24.0 Å². The number of ether oxygens (including phenoxy) is 1. The van der Waals surface area contributed by atoms with Gasteiger partial charge in [0, 0.05) is 32.1 Å². The molecule has 1 heterocycles. The van der Waals surface area contributed by atoms with Crippen LogP contribution in [0.4, 0.5) is 0 Å². The monoisotopic (exact) mass is 482 g/mol. The van der Waals surface area contributed by atoms with Gasteiger partial charge in [-0.3, -0.25) is 14.6 Å². The van der Waals surface area contributed by atoms with Crippen molar-refractivity contribution in [1.29, 1.82) is 0 Å². The van der Waals surface area contributed by atoms with E-state index in [2.05, 4.69) is 20.5 Å². The lowest BCUT2D eigenvalue weighted by Gasteiger charge is -2.33. The van der Waals surface area contributed by atoms with Crippen molar-refractivity contribution in [2.75, 3.05) is 32.8 Å². The molecule has 1 fully saturated rings. The zero-order valence-corrected chi connectivity index (χ0v) is 18.9. The lowest BCUT2D eigenvalue weighted by atomic mass is 9.97. The summed E-state index contributed by atoms with van der Waals surface area (Å²) in [5, 5.41) is 6.23. The topological polar surface area (TPSA) is 83.0 Å². The van der Waals surface area contributed by atoms with Gasteiger partial charge < -0.3 is 20.3 Å². The van der Waals surface area contributed by atoms with Crippen LogP contribution < -0.4 is 10.6 Å². The van der Waals surface area contributed by atoms with E-state index in [0.717, 1.165) is 44.9 Å². The number of hydrogen-bond donors (Lipinski definition) is 2. The molecule has 0 bridgehead atoms. The van der Waals surface area contributed by atoms with Crippen LogP contribution in [0.5, 0.6) is 0 Å². The third kappa shape index (κ3) is 9.05. The summed E-state index contributed by atoms with van der Waals surface area (Å²) in [5.74, 6) is 0.752. The molecule has 1 atom stereocenters. The molecule has 8 heteroatoms. The number of likely N-dealkylation sites (tertiary alicyclic amines) is 1. The van der Waals surface area contributed by atoms with Gasteiger partial charge >= 0.3 is 5.97 Å². The van der Waals surface area contributed by atoms with Crippen molar-refractivity contribution in [2.45, 2.75) is 59.4 Å². The van der Waals surface area contributed by atoms with E-state index in [-0.39, 0.29) is 47.8 Å². The van der Waals surface area contributed by atoms with E-state index in [0.29, 0.717) is 19.6 Å². The Morgan fingerprint density at radius 2 is 1.88 bits per heavy atom. The number of carbonyl (C=O) groups excluding carboxylic acids is 2. The van der Waals surface area contributed by atoms with Crippen molar-refractivity contribution in [1.82, 2.24) is 15.5 Å². The Kier molecular flexibility index (Phi) is 13.5. The van der Waals surface area contributed by atoms with Crippen molar-refractivity contribution >= 4 is 41.8 Å². The van der Waals surface area contributed by atoms with Crippen LogP contribution in [0.1, 0.15) is 53.4 Å². The Labute approximate surface area is 174 Å². The number of hydrogen-bond acceptors (Lipinski definition) is 4. The summed E-state index contributed by atoms with van der Waals surface area (Å²) >= 11 is 0. The molecule has 1 aliphatic rings. The average molecular weight is 482 g/mol. The van der Waals surface area contributed by atoms with E-state index in [9.17, 15) is 9.59 Å². The number of halogens is 1. The number of amides is 1. The molecule has 1 saturated heterocycles. The first kappa shape index (κ1) is 24.9. The number of aliphatic imine (C=N–C) groups is 1. The first-order chi connectivity index (χ1) is 12.0. The highest BCUT2D eigenvalue weighted by Crippen LogP contribution is 2.18. The van der Waals surface area contributed by atoms with Crippen molar-refractivity contribution in [3.05, 3.63) is 0 Å². The minimum absolute atomic E-state index is 0. The van der Waals surface area contributed by atoms with Crippen LogP contribution in [0.2, 0.25) is 0 Å². The van der Waals surface area contributed by atoms with Gasteiger partial charge in [0.15, 0.2) is 5.96 Å². The fourth-order valence-electron chi connectivity index (χ4n) is 2.73. The van der Waals surface area contributed by atoms with E-state index in [1.165, 1.54) is 0 Å². The zero-order chi connectivity index (χ0) is 18.7. The van der Waals surface area contributed by atoms with Crippen molar-refractivity contribution < 1.29 is 14.3 Å². The molecule has 1 amide bonds. The standard InChI is InChI=1S/C18H34N4O3.HI/c1-5-14(4)21-16(23)8-11-20-18(19-6-2)22-12-9-15(10-13-22)17(24)25-7-3;/h14-15H,5-13H2,1-4H3,(H,19,20)(H,21,23);1H. The predicted octanol–water partition coefficient (Wildman–Crippen LogP) is 2.15. The van der Waals surface area contributed by atoms with Crippen molar-refractivity contribution in [3.63, 3.8) is 0 Å². The number of rotatable bonds is 8. The van der Waals surface area contributed by atoms with Gasteiger partial charge in [-0.15, -0.1) is 24.0 Å². The molecular formula is C18H35IN4O3. The van der Waals surface area contributed by atoms with Gasteiger partial charge in [0.1, 0.15) is 0 Å². The first-order valence-corrected chi connectivity index (χ1v) is 9.50. The quantitative estimate of drug-likeness (QED) is 0.240. The highest BCUT2D eigenvalue weighted by molar-refractivity contribution is 14.0. The second-order valence-corrected chi connectivity index (χ2v) is 6.38. The number of carbonyl (C=O) groups is 2. The lowest BCUT2D eigenvalue weighted by Crippen LogP contribution is -2.46. The molecule has 0 aromatic rings. The summed E-state index contributed by atoms with van der Waals surface area (Å²) in [6.45, 7) is 11.1. The molecule has 0 radical (unpaired) electrons. The molecule has 0 spiro atoms. The molecule has 152 valence electrons. The highest BCUT2D eigenvalue weighted by Gasteiger charge is 2.27. The number of nitrogens with zero attached hydrogens (tertiary/aromatic N) is 2. The van der Waals surface area contributed by atoms with Crippen LogP contribution in [0, 0.1) is 5.92 Å². The molecule has 0 saturated carbocycles. The van der Waals surface area contributed by atoms with Gasteiger partial charge in [0.25, 0.3) is 0 Å². The second kappa shape index (κ2) is 14.1.